The number of fused-ring (bicyclic) bond motifs is 1. The van der Waals surface area contributed by atoms with Crippen LogP contribution < -0.4 is 10.1 Å². The Morgan fingerprint density at radius 2 is 2.16 bits per heavy atom. The molecule has 0 radical (unpaired) electrons. The van der Waals surface area contributed by atoms with Gasteiger partial charge >= 0.3 is 0 Å². The van der Waals surface area contributed by atoms with E-state index in [1.54, 1.807) is 0 Å². The van der Waals surface area contributed by atoms with Crippen LogP contribution in [0.2, 0.25) is 0 Å². The molecule has 2 heteroatoms. The van der Waals surface area contributed by atoms with Crippen molar-refractivity contribution in [3.05, 3.63) is 29.8 Å². The van der Waals surface area contributed by atoms with Crippen LogP contribution in [0.25, 0.3) is 0 Å². The van der Waals surface area contributed by atoms with Crippen molar-refractivity contribution in [2.45, 2.75) is 57.4 Å². The SMILES string of the molecule is CCCC(CCCC1CCOc2ccccc21)NC. The van der Waals surface area contributed by atoms with E-state index < -0.39 is 0 Å². The quantitative estimate of drug-likeness (QED) is 0.797. The standard InChI is InChI=1S/C17H27NO/c1-3-7-15(18-2)9-6-8-14-12-13-19-17-11-5-4-10-16(14)17/h4-5,10-11,14-15,18H,3,6-9,12-13H2,1-2H3. The second-order valence-corrected chi connectivity index (χ2v) is 5.58. The fraction of sp³-hybridized carbons (Fsp3) is 0.647. The molecule has 106 valence electrons. The lowest BCUT2D eigenvalue weighted by Gasteiger charge is -2.26. The van der Waals surface area contributed by atoms with Crippen molar-refractivity contribution >= 4 is 0 Å². The van der Waals surface area contributed by atoms with E-state index in [2.05, 4.69) is 43.6 Å². The van der Waals surface area contributed by atoms with Gasteiger partial charge in [0.1, 0.15) is 5.75 Å². The summed E-state index contributed by atoms with van der Waals surface area (Å²) in [4.78, 5) is 0. The lowest BCUT2D eigenvalue weighted by atomic mass is 9.88. The zero-order valence-corrected chi connectivity index (χ0v) is 12.3. The maximum atomic E-state index is 5.73. The number of hydrogen-bond donors (Lipinski definition) is 1. The van der Waals surface area contributed by atoms with Crippen LogP contribution in [-0.2, 0) is 0 Å². The lowest BCUT2D eigenvalue weighted by Crippen LogP contribution is -2.25. The van der Waals surface area contributed by atoms with Crippen LogP contribution in [-0.4, -0.2) is 19.7 Å². The monoisotopic (exact) mass is 261 g/mol. The molecular formula is C17H27NO. The topological polar surface area (TPSA) is 21.3 Å². The van der Waals surface area contributed by atoms with Gasteiger partial charge in [0.05, 0.1) is 6.61 Å². The third-order valence-electron chi connectivity index (χ3n) is 4.23. The molecular weight excluding hydrogens is 234 g/mol. The van der Waals surface area contributed by atoms with Crippen molar-refractivity contribution in [2.75, 3.05) is 13.7 Å². The zero-order chi connectivity index (χ0) is 13.5. The van der Waals surface area contributed by atoms with Crippen molar-refractivity contribution in [1.29, 1.82) is 0 Å². The molecule has 1 aromatic rings. The summed E-state index contributed by atoms with van der Waals surface area (Å²) in [6, 6.07) is 9.24. The molecule has 1 aromatic carbocycles. The predicted molar refractivity (Wildman–Crippen MR) is 80.9 cm³/mol. The molecule has 0 saturated heterocycles. The number of hydrogen-bond acceptors (Lipinski definition) is 2. The highest BCUT2D eigenvalue weighted by atomic mass is 16.5. The van der Waals surface area contributed by atoms with Gasteiger partial charge in [-0.15, -0.1) is 0 Å². The largest absolute Gasteiger partial charge is 0.493 e. The van der Waals surface area contributed by atoms with Crippen LogP contribution in [0.5, 0.6) is 5.75 Å². The maximum Gasteiger partial charge on any atom is 0.122 e. The summed E-state index contributed by atoms with van der Waals surface area (Å²) in [5.74, 6) is 1.81. The van der Waals surface area contributed by atoms with E-state index >= 15 is 0 Å². The first-order chi connectivity index (χ1) is 9.35. The second kappa shape index (κ2) is 7.54. The molecule has 1 N–H and O–H groups in total. The molecule has 2 atom stereocenters. The number of rotatable bonds is 7. The third kappa shape index (κ3) is 3.97. The highest BCUT2D eigenvalue weighted by molar-refractivity contribution is 5.37. The van der Waals surface area contributed by atoms with Crippen LogP contribution >= 0.6 is 0 Å². The Labute approximate surface area is 117 Å². The molecule has 1 heterocycles. The summed E-state index contributed by atoms with van der Waals surface area (Å²) >= 11 is 0. The Bertz CT molecular complexity index is 377. The average molecular weight is 261 g/mol. The number of nitrogens with one attached hydrogen (secondary N) is 1. The Kier molecular flexibility index (Phi) is 5.71. The molecule has 1 aliphatic heterocycles. The summed E-state index contributed by atoms with van der Waals surface area (Å²) in [5.41, 5.74) is 1.42. The molecule has 2 rings (SSSR count). The van der Waals surface area contributed by atoms with Gasteiger partial charge < -0.3 is 10.1 Å². The Balaban J connectivity index is 1.84. The Morgan fingerprint density at radius 1 is 1.32 bits per heavy atom. The molecule has 2 nitrogen and oxygen atoms in total. The van der Waals surface area contributed by atoms with Crippen LogP contribution in [0.1, 0.15) is 56.9 Å². The number of ether oxygens (including phenoxy) is 1. The average Bonchev–Trinajstić information content (AvgIpc) is 2.46. The van der Waals surface area contributed by atoms with Crippen molar-refractivity contribution in [3.63, 3.8) is 0 Å². The zero-order valence-electron chi connectivity index (χ0n) is 12.3. The maximum absolute atomic E-state index is 5.73. The van der Waals surface area contributed by atoms with Crippen LogP contribution in [0.15, 0.2) is 24.3 Å². The molecule has 0 amide bonds. The van der Waals surface area contributed by atoms with Crippen molar-refractivity contribution in [1.82, 2.24) is 5.32 Å². The van der Waals surface area contributed by atoms with Gasteiger partial charge in [-0.05, 0) is 50.3 Å². The minimum Gasteiger partial charge on any atom is -0.493 e. The smallest absolute Gasteiger partial charge is 0.122 e. The first-order valence-corrected chi connectivity index (χ1v) is 7.74. The van der Waals surface area contributed by atoms with Gasteiger partial charge in [-0.1, -0.05) is 38.0 Å². The van der Waals surface area contributed by atoms with Gasteiger partial charge in [-0.3, -0.25) is 0 Å². The van der Waals surface area contributed by atoms with Crippen LogP contribution in [0.3, 0.4) is 0 Å². The van der Waals surface area contributed by atoms with Crippen molar-refractivity contribution in [3.8, 4) is 5.75 Å². The van der Waals surface area contributed by atoms with E-state index in [4.69, 9.17) is 4.74 Å². The molecule has 0 aliphatic carbocycles. The highest BCUT2D eigenvalue weighted by Gasteiger charge is 2.20. The van der Waals surface area contributed by atoms with Crippen molar-refractivity contribution < 1.29 is 4.74 Å². The minimum atomic E-state index is 0.695. The van der Waals surface area contributed by atoms with E-state index in [0.717, 1.165) is 12.4 Å². The van der Waals surface area contributed by atoms with Gasteiger partial charge in [0, 0.05) is 6.04 Å². The van der Waals surface area contributed by atoms with Gasteiger partial charge in [0.2, 0.25) is 0 Å². The van der Waals surface area contributed by atoms with Gasteiger partial charge in [0.25, 0.3) is 0 Å². The first-order valence-electron chi connectivity index (χ1n) is 7.74. The molecule has 0 fully saturated rings. The second-order valence-electron chi connectivity index (χ2n) is 5.58. The van der Waals surface area contributed by atoms with E-state index in [9.17, 15) is 0 Å². The molecule has 19 heavy (non-hydrogen) atoms. The molecule has 1 aliphatic rings. The fourth-order valence-electron chi connectivity index (χ4n) is 3.11. The summed E-state index contributed by atoms with van der Waals surface area (Å²) in [5, 5.41) is 3.44. The summed E-state index contributed by atoms with van der Waals surface area (Å²) in [6.07, 6.45) is 7.64. The molecule has 0 aromatic heterocycles. The van der Waals surface area contributed by atoms with Gasteiger partial charge in [0.15, 0.2) is 0 Å². The summed E-state index contributed by atoms with van der Waals surface area (Å²) < 4.78 is 5.73. The molecule has 0 saturated carbocycles. The van der Waals surface area contributed by atoms with E-state index in [-0.39, 0.29) is 0 Å². The predicted octanol–water partition coefficient (Wildman–Crippen LogP) is 4.11. The fourth-order valence-corrected chi connectivity index (χ4v) is 3.11. The first kappa shape index (κ1) is 14.4. The van der Waals surface area contributed by atoms with Crippen LogP contribution in [0, 0.1) is 0 Å². The minimum absolute atomic E-state index is 0.695. The van der Waals surface area contributed by atoms with E-state index in [1.807, 2.05) is 0 Å². The third-order valence-corrected chi connectivity index (χ3v) is 4.23. The Morgan fingerprint density at radius 3 is 2.95 bits per heavy atom. The summed E-state index contributed by atoms with van der Waals surface area (Å²) in [6.45, 7) is 3.14. The summed E-state index contributed by atoms with van der Waals surface area (Å²) in [7, 11) is 2.09. The van der Waals surface area contributed by atoms with E-state index in [1.165, 1.54) is 44.1 Å². The van der Waals surface area contributed by atoms with E-state index in [0.29, 0.717) is 12.0 Å². The number of para-hydroxylation sites is 1. The number of benzene rings is 1. The van der Waals surface area contributed by atoms with Crippen molar-refractivity contribution in [2.24, 2.45) is 0 Å². The molecule has 2 unspecified atom stereocenters. The lowest BCUT2D eigenvalue weighted by molar-refractivity contribution is 0.260. The molecule has 0 spiro atoms. The van der Waals surface area contributed by atoms with Gasteiger partial charge in [-0.25, -0.2) is 0 Å². The molecule has 0 bridgehead atoms. The highest BCUT2D eigenvalue weighted by Crippen LogP contribution is 2.36. The van der Waals surface area contributed by atoms with Gasteiger partial charge in [-0.2, -0.15) is 0 Å². The normalized spacial score (nSPS) is 19.6. The van der Waals surface area contributed by atoms with Crippen LogP contribution in [0.4, 0.5) is 0 Å². The Hall–Kier alpha value is -1.02.